The lowest BCUT2D eigenvalue weighted by atomic mass is 10.0. The van der Waals surface area contributed by atoms with E-state index in [1.54, 1.807) is 36.1 Å². The second-order valence-corrected chi connectivity index (χ2v) is 9.92. The number of anilines is 3. The molecule has 3 aromatic carbocycles. The summed E-state index contributed by atoms with van der Waals surface area (Å²) in [5, 5.41) is 0. The second-order valence-electron chi connectivity index (χ2n) is 8.04. The third kappa shape index (κ3) is 3.69. The van der Waals surface area contributed by atoms with E-state index in [2.05, 4.69) is 0 Å². The maximum Gasteiger partial charge on any atom is 0.214 e. The van der Waals surface area contributed by atoms with E-state index >= 15 is 0 Å². The highest BCUT2D eigenvalue weighted by molar-refractivity contribution is 7.96. The lowest BCUT2D eigenvalue weighted by Crippen LogP contribution is -2.26. The summed E-state index contributed by atoms with van der Waals surface area (Å²) < 4.78 is 40.9. The van der Waals surface area contributed by atoms with Crippen LogP contribution in [0.1, 0.15) is 21.5 Å². The molecule has 0 aliphatic carbocycles. The maximum absolute atomic E-state index is 14.1. The normalized spacial score (nSPS) is 14.5. The van der Waals surface area contributed by atoms with Crippen LogP contribution < -0.4 is 9.80 Å². The topological polar surface area (TPSA) is 57.7 Å². The highest BCUT2D eigenvalue weighted by Crippen LogP contribution is 2.41. The Morgan fingerprint density at radius 2 is 1.62 bits per heavy atom. The van der Waals surface area contributed by atoms with E-state index in [1.807, 2.05) is 44.1 Å². The van der Waals surface area contributed by atoms with Crippen LogP contribution in [0.4, 0.5) is 21.5 Å². The van der Waals surface area contributed by atoms with Crippen LogP contribution in [0.2, 0.25) is 0 Å². The quantitative estimate of drug-likeness (QED) is 0.406. The molecule has 0 N–H and O–H groups in total. The maximum atomic E-state index is 14.1. The molecule has 5 nitrogen and oxygen atoms in total. The van der Waals surface area contributed by atoms with Crippen molar-refractivity contribution >= 4 is 32.7 Å². The number of halogens is 1. The average molecular weight is 451 g/mol. The van der Waals surface area contributed by atoms with Gasteiger partial charge in [0, 0.05) is 37.2 Å². The third-order valence-electron chi connectivity index (χ3n) is 5.50. The van der Waals surface area contributed by atoms with Crippen molar-refractivity contribution in [2.75, 3.05) is 23.9 Å². The Morgan fingerprint density at radius 1 is 0.938 bits per heavy atom. The standard InChI is InChI=1S/C25H23FN2O3S/c1-16-5-11-21(17(2)13-16)25(29)24-15-28(20-9-7-19(8-10-20)27(3)4)22-14-18(26)6-12-23(22)32(24,30)31/h5-15H,1-4H3. The van der Waals surface area contributed by atoms with Gasteiger partial charge in [0.05, 0.1) is 10.6 Å². The van der Waals surface area contributed by atoms with Crippen LogP contribution in [0.5, 0.6) is 0 Å². The van der Waals surface area contributed by atoms with Crippen LogP contribution in [0.25, 0.3) is 0 Å². The van der Waals surface area contributed by atoms with Crippen molar-refractivity contribution in [1.29, 1.82) is 0 Å². The summed E-state index contributed by atoms with van der Waals surface area (Å²) in [6.07, 6.45) is 1.30. The van der Waals surface area contributed by atoms with Crippen molar-refractivity contribution in [1.82, 2.24) is 0 Å². The minimum absolute atomic E-state index is 0.105. The van der Waals surface area contributed by atoms with Crippen molar-refractivity contribution in [3.8, 4) is 0 Å². The number of ketones is 1. The molecule has 1 aliphatic heterocycles. The zero-order valence-corrected chi connectivity index (χ0v) is 19.1. The first-order valence-electron chi connectivity index (χ1n) is 10.0. The molecular formula is C25H23FN2O3S. The Labute approximate surface area is 187 Å². The van der Waals surface area contributed by atoms with Crippen LogP contribution in [0.15, 0.2) is 76.7 Å². The smallest absolute Gasteiger partial charge is 0.214 e. The van der Waals surface area contributed by atoms with E-state index in [-0.39, 0.29) is 15.5 Å². The number of sulfone groups is 1. The monoisotopic (exact) mass is 450 g/mol. The number of hydrogen-bond donors (Lipinski definition) is 0. The molecule has 1 heterocycles. The van der Waals surface area contributed by atoms with Gasteiger partial charge in [-0.25, -0.2) is 12.8 Å². The Hall–Kier alpha value is -3.45. The van der Waals surface area contributed by atoms with Crippen molar-refractivity contribution in [2.24, 2.45) is 0 Å². The fourth-order valence-electron chi connectivity index (χ4n) is 3.79. The second kappa shape index (κ2) is 7.91. The molecule has 0 spiro atoms. The number of benzene rings is 3. The minimum Gasteiger partial charge on any atom is -0.378 e. The van der Waals surface area contributed by atoms with Gasteiger partial charge in [0.2, 0.25) is 15.6 Å². The first-order valence-corrected chi connectivity index (χ1v) is 11.5. The van der Waals surface area contributed by atoms with Gasteiger partial charge in [-0.15, -0.1) is 0 Å². The number of fused-ring (bicyclic) bond motifs is 1. The van der Waals surface area contributed by atoms with Crippen molar-refractivity contribution in [3.05, 3.63) is 94.3 Å². The highest BCUT2D eigenvalue weighted by Gasteiger charge is 2.36. The molecule has 1 aliphatic rings. The number of aryl methyl sites for hydroxylation is 2. The summed E-state index contributed by atoms with van der Waals surface area (Å²) in [7, 11) is -0.320. The van der Waals surface area contributed by atoms with Crippen LogP contribution in [0, 0.1) is 19.7 Å². The molecule has 7 heteroatoms. The van der Waals surface area contributed by atoms with Crippen LogP contribution in [-0.2, 0) is 9.84 Å². The Bertz CT molecular complexity index is 1360. The molecule has 164 valence electrons. The lowest BCUT2D eigenvalue weighted by molar-refractivity contribution is 0.104. The number of nitrogens with zero attached hydrogens (tertiary/aromatic N) is 2. The van der Waals surface area contributed by atoms with Gasteiger partial charge in [-0.05, 0) is 61.9 Å². The summed E-state index contributed by atoms with van der Waals surface area (Å²) >= 11 is 0. The largest absolute Gasteiger partial charge is 0.378 e. The number of allylic oxidation sites excluding steroid dienone is 1. The lowest BCUT2D eigenvalue weighted by Gasteiger charge is -2.29. The van der Waals surface area contributed by atoms with Crippen molar-refractivity contribution < 1.29 is 17.6 Å². The van der Waals surface area contributed by atoms with Gasteiger partial charge in [-0.2, -0.15) is 0 Å². The molecule has 0 fully saturated rings. The van der Waals surface area contributed by atoms with Gasteiger partial charge in [-0.3, -0.25) is 4.79 Å². The van der Waals surface area contributed by atoms with E-state index in [1.165, 1.54) is 18.3 Å². The number of carbonyl (C=O) groups excluding carboxylic acids is 1. The molecular weight excluding hydrogens is 427 g/mol. The summed E-state index contributed by atoms with van der Waals surface area (Å²) in [6.45, 7) is 3.68. The first-order chi connectivity index (χ1) is 15.1. The zero-order valence-electron chi connectivity index (χ0n) is 18.3. The van der Waals surface area contributed by atoms with Crippen molar-refractivity contribution in [2.45, 2.75) is 18.7 Å². The van der Waals surface area contributed by atoms with Gasteiger partial charge in [0.15, 0.2) is 0 Å². The van der Waals surface area contributed by atoms with Crippen LogP contribution in [-0.4, -0.2) is 28.3 Å². The molecule has 3 aromatic rings. The van der Waals surface area contributed by atoms with Crippen molar-refractivity contribution in [3.63, 3.8) is 0 Å². The Morgan fingerprint density at radius 3 is 2.25 bits per heavy atom. The molecule has 0 aromatic heterocycles. The molecule has 0 amide bonds. The molecule has 0 unspecified atom stereocenters. The number of Topliss-reactive ketones (excluding diaryl/α,β-unsaturated/α-hetero) is 1. The van der Waals surface area contributed by atoms with E-state index in [0.29, 0.717) is 16.8 Å². The highest BCUT2D eigenvalue weighted by atomic mass is 32.2. The fraction of sp³-hybridized carbons (Fsp3) is 0.160. The van der Waals surface area contributed by atoms with Gasteiger partial charge in [0.1, 0.15) is 10.7 Å². The van der Waals surface area contributed by atoms with E-state index < -0.39 is 21.4 Å². The fourth-order valence-corrected chi connectivity index (χ4v) is 5.30. The Kier molecular flexibility index (Phi) is 5.38. The SMILES string of the molecule is Cc1ccc(C(=O)C2=CN(c3ccc(N(C)C)cc3)c3cc(F)ccc3S2(=O)=O)c(C)c1. The van der Waals surface area contributed by atoms with Gasteiger partial charge in [0.25, 0.3) is 0 Å². The predicted octanol–water partition coefficient (Wildman–Crippen LogP) is 5.16. The molecule has 32 heavy (non-hydrogen) atoms. The van der Waals surface area contributed by atoms with Crippen LogP contribution in [0.3, 0.4) is 0 Å². The minimum atomic E-state index is -4.14. The summed E-state index contributed by atoms with van der Waals surface area (Å²) in [5.74, 6) is -1.15. The van der Waals surface area contributed by atoms with E-state index in [4.69, 9.17) is 0 Å². The van der Waals surface area contributed by atoms with E-state index in [0.717, 1.165) is 17.3 Å². The first kappa shape index (κ1) is 21.8. The Balaban J connectivity index is 1.91. The van der Waals surface area contributed by atoms with Gasteiger partial charge < -0.3 is 9.80 Å². The van der Waals surface area contributed by atoms with Gasteiger partial charge in [-0.1, -0.05) is 23.8 Å². The molecule has 0 saturated heterocycles. The molecule has 0 radical (unpaired) electrons. The summed E-state index contributed by atoms with van der Waals surface area (Å²) in [4.78, 5) is 16.4. The number of carbonyl (C=O) groups is 1. The molecule has 0 bridgehead atoms. The molecule has 4 rings (SSSR count). The zero-order chi connectivity index (χ0) is 23.2. The number of hydrogen-bond acceptors (Lipinski definition) is 5. The molecule has 0 saturated carbocycles. The van der Waals surface area contributed by atoms with Gasteiger partial charge >= 0.3 is 0 Å². The third-order valence-corrected chi connectivity index (χ3v) is 7.29. The van der Waals surface area contributed by atoms with E-state index in [9.17, 15) is 17.6 Å². The van der Waals surface area contributed by atoms with Crippen LogP contribution >= 0.6 is 0 Å². The average Bonchev–Trinajstić information content (AvgIpc) is 2.73. The predicted molar refractivity (Wildman–Crippen MR) is 125 cm³/mol. The summed E-state index contributed by atoms with van der Waals surface area (Å²) in [6, 6.07) is 16.1. The number of rotatable bonds is 4. The summed E-state index contributed by atoms with van der Waals surface area (Å²) in [5.41, 5.74) is 3.72. The molecule has 0 atom stereocenters.